The highest BCUT2D eigenvalue weighted by atomic mass is 28.3. The molecule has 13 heteroatoms. The van der Waals surface area contributed by atoms with Crippen molar-refractivity contribution in [1.82, 2.24) is 18.8 Å². The number of aryl methyl sites for hydroxylation is 4. The fourth-order valence-electron chi connectivity index (χ4n) is 15.9. The highest BCUT2D eigenvalue weighted by Crippen LogP contribution is 2.45. The van der Waals surface area contributed by atoms with Gasteiger partial charge in [-0.3, -0.25) is 28.0 Å². The third kappa shape index (κ3) is 16.2. The summed E-state index contributed by atoms with van der Waals surface area (Å²) in [7, 11) is -2.20. The van der Waals surface area contributed by atoms with E-state index in [1.54, 1.807) is 0 Å². The van der Waals surface area contributed by atoms with Crippen LogP contribution < -0.4 is 5.19 Å². The van der Waals surface area contributed by atoms with E-state index < -0.39 is 29.7 Å². The molecule has 0 atom stereocenters. The number of esters is 4. The maximum absolute atomic E-state index is 14.4. The lowest BCUT2D eigenvalue weighted by molar-refractivity contribution is -0.155. The lowest BCUT2D eigenvalue weighted by atomic mass is 9.89. The molecular weight excluding hydrogens is 1350 g/mol. The van der Waals surface area contributed by atoms with E-state index in [1.165, 1.54) is 27.4 Å². The van der Waals surface area contributed by atoms with Gasteiger partial charge in [-0.2, -0.15) is 0 Å². The van der Waals surface area contributed by atoms with Crippen molar-refractivity contribution in [3.05, 3.63) is 159 Å². The molecule has 4 aliphatic heterocycles. The van der Waals surface area contributed by atoms with E-state index in [0.29, 0.717) is 12.8 Å². The van der Waals surface area contributed by atoms with Gasteiger partial charge in [0.1, 0.15) is 37.7 Å². The van der Waals surface area contributed by atoms with Crippen LogP contribution in [0.15, 0.2) is 103 Å². The third-order valence-corrected chi connectivity index (χ3v) is 24.1. The molecule has 18 bridgehead atoms. The number of rotatable bonds is 25. The number of carbonyl (C=O) groups excluding carboxylic acids is 4. The molecule has 10 heterocycles. The van der Waals surface area contributed by atoms with E-state index in [0.717, 1.165) is 235 Å². The minimum atomic E-state index is -2.20. The molecule has 0 N–H and O–H groups in total. The van der Waals surface area contributed by atoms with E-state index in [9.17, 15) is 19.2 Å². The second-order valence-corrected chi connectivity index (χ2v) is 41.1. The predicted octanol–water partition coefficient (Wildman–Crippen LogP) is 23.7. The van der Waals surface area contributed by atoms with Crippen molar-refractivity contribution in [2.45, 2.75) is 272 Å². The molecule has 0 radical (unpaired) electrons. The van der Waals surface area contributed by atoms with Crippen LogP contribution in [0.2, 0.25) is 19.6 Å². The van der Waals surface area contributed by atoms with Gasteiger partial charge in [0.25, 0.3) is 0 Å². The van der Waals surface area contributed by atoms with Gasteiger partial charge in [0, 0.05) is 43.4 Å². The molecule has 5 aromatic carbocycles. The van der Waals surface area contributed by atoms with E-state index >= 15 is 0 Å². The molecule has 0 amide bonds. The first kappa shape index (κ1) is 78.9. The van der Waals surface area contributed by atoms with Gasteiger partial charge in [-0.25, -0.2) is 9.97 Å². The van der Waals surface area contributed by atoms with Crippen molar-refractivity contribution in [3.8, 4) is 22.3 Å². The zero-order valence-electron chi connectivity index (χ0n) is 68.4. The van der Waals surface area contributed by atoms with Gasteiger partial charge in [-0.15, -0.1) is 0 Å². The van der Waals surface area contributed by atoms with Crippen molar-refractivity contribution in [2.75, 3.05) is 0 Å². The van der Waals surface area contributed by atoms with Crippen LogP contribution >= 0.6 is 0 Å². The van der Waals surface area contributed by atoms with Crippen LogP contribution in [0.1, 0.15) is 243 Å². The Balaban J connectivity index is 1.29. The van der Waals surface area contributed by atoms with Crippen molar-refractivity contribution in [3.63, 3.8) is 0 Å². The minimum Gasteiger partial charge on any atom is -0.460 e. The number of pyridine rings is 4. The Morgan fingerprint density at radius 3 is 1.05 bits per heavy atom. The zero-order valence-corrected chi connectivity index (χ0v) is 69.4. The molecule has 0 spiro atoms. The Morgan fingerprint density at radius 2 is 0.713 bits per heavy atom. The molecule has 11 aromatic rings. The average molecular weight is 1470 g/mol. The Hall–Kier alpha value is -8.68. The van der Waals surface area contributed by atoms with Gasteiger partial charge in [0.05, 0.1) is 62.8 Å². The van der Waals surface area contributed by atoms with Crippen molar-refractivity contribution in [2.24, 2.45) is 21.7 Å². The number of carbonyl (C=O) groups is 4. The van der Waals surface area contributed by atoms with Crippen LogP contribution in [0.25, 0.3) is 99.0 Å². The Bertz CT molecular complexity index is 5020. The summed E-state index contributed by atoms with van der Waals surface area (Å²) in [6.45, 7) is 39.4. The molecule has 15 rings (SSSR count). The van der Waals surface area contributed by atoms with Gasteiger partial charge >= 0.3 is 23.9 Å². The lowest BCUT2D eigenvalue weighted by Crippen LogP contribution is -2.37. The van der Waals surface area contributed by atoms with Crippen molar-refractivity contribution in [1.29, 1.82) is 0 Å². The molecule has 0 aliphatic carbocycles. The largest absolute Gasteiger partial charge is 0.460 e. The summed E-state index contributed by atoms with van der Waals surface area (Å²) in [4.78, 5) is 69.2. The molecular formula is C95H118N4O8Si. The topological polar surface area (TPSA) is 140 Å². The molecule has 12 nitrogen and oxygen atoms in total. The highest BCUT2D eigenvalue weighted by molar-refractivity contribution is 6.88. The van der Waals surface area contributed by atoms with Crippen molar-refractivity contribution < 1.29 is 38.1 Å². The standard InChI is InChI=1S/C95H118N4O8Si/c1-20-24-28-40-68-70(42-30-26-22-3)84-74(57-106-90(102)94(11,12)13)82-59-36-32-33-37-60-39-35-45-77-83(60)75(58-107-91(103)95(14,15)16)85-71(43-31-27-23-4)69(41-29-25-21-2)81-54-73-66(56-105-89(101)93(8,9)10)48-64(52-79(73)99(81)87(85)97-77)62-46-61(49-67(50-62)108(17,18)19)63-47-65(55-104-88(100)92(5,6)7)72-53-80(68)98(78(72)51-63)86(84)96-76(82)44-34-38-59/h32-35,38-39,44-54H,20-31,36-37,40-43,55-58H2,1-19H3/b33-32-. The number of hydrogen-bond donors (Lipinski definition) is 0. The fourth-order valence-corrected chi connectivity index (χ4v) is 17.1. The summed E-state index contributed by atoms with van der Waals surface area (Å²) in [6.07, 6.45) is 21.3. The third-order valence-electron chi connectivity index (χ3n) is 22.0. The van der Waals surface area contributed by atoms with Gasteiger partial charge in [-0.05, 0) is 269 Å². The average Bonchev–Trinajstić information content (AvgIpc) is 1.53. The maximum Gasteiger partial charge on any atom is 0.311 e. The predicted molar refractivity (Wildman–Crippen MR) is 449 cm³/mol. The summed E-state index contributed by atoms with van der Waals surface area (Å²) in [5.41, 5.74) is 19.0. The molecule has 0 unspecified atom stereocenters. The van der Waals surface area contributed by atoms with Gasteiger partial charge in [-0.1, -0.05) is 152 Å². The summed E-state index contributed by atoms with van der Waals surface area (Å²) < 4.78 is 31.1. The Kier molecular flexibility index (Phi) is 23.2. The van der Waals surface area contributed by atoms with Crippen molar-refractivity contribution >= 4 is 114 Å². The van der Waals surface area contributed by atoms with E-state index in [2.05, 4.69) is 159 Å². The van der Waals surface area contributed by atoms with Crippen LogP contribution in [0.5, 0.6) is 0 Å². The van der Waals surface area contributed by atoms with Crippen LogP contribution in [0.4, 0.5) is 0 Å². The zero-order chi connectivity index (χ0) is 77.5. The second-order valence-electron chi connectivity index (χ2n) is 36.0. The number of aromatic nitrogens is 4. The van der Waals surface area contributed by atoms with Crippen LogP contribution in [-0.2, 0) is 103 Å². The number of nitrogens with zero attached hydrogens (tertiary/aromatic N) is 4. The minimum absolute atomic E-state index is 0.0416. The normalized spacial score (nSPS) is 13.5. The SMILES string of the molecule is CCCCCc1c(CCCCC)c2cc3c(COC(=O)C(C)(C)C)cc4cc3n2c2nc3cccc(c3c(COC(=O)C(C)(C)C)c12)C/C=C\Cc1cccc2nc3c(c(CCCCC)c(CCCCC)c5cc6c(COC(=O)C(C)(C)C)cc(cc6n53)-c3cc-4cc([Si](C)(C)C)c3)c(COC(=O)C(C)(C)C)c12. The molecule has 570 valence electrons. The van der Waals surface area contributed by atoms with E-state index in [-0.39, 0.29) is 50.3 Å². The van der Waals surface area contributed by atoms with Gasteiger partial charge in [0.15, 0.2) is 0 Å². The molecule has 4 aliphatic rings. The number of ether oxygens (including phenoxy) is 4. The van der Waals surface area contributed by atoms with Crippen LogP contribution in [0, 0.1) is 21.7 Å². The second kappa shape index (κ2) is 31.7. The van der Waals surface area contributed by atoms with E-state index in [1.807, 2.05) is 83.1 Å². The van der Waals surface area contributed by atoms with Crippen LogP contribution in [-0.4, -0.2) is 50.7 Å². The van der Waals surface area contributed by atoms with Gasteiger partial charge < -0.3 is 18.9 Å². The maximum atomic E-state index is 14.4. The summed E-state index contributed by atoms with van der Waals surface area (Å²) in [5.74, 6) is -1.13. The molecule has 6 aromatic heterocycles. The van der Waals surface area contributed by atoms with Crippen LogP contribution in [0.3, 0.4) is 0 Å². The monoisotopic (exact) mass is 1470 g/mol. The highest BCUT2D eigenvalue weighted by Gasteiger charge is 2.33. The summed E-state index contributed by atoms with van der Waals surface area (Å²) in [6, 6.07) is 33.9. The first-order chi connectivity index (χ1) is 51.2. The first-order valence-corrected chi connectivity index (χ1v) is 44.0. The first-order valence-electron chi connectivity index (χ1n) is 40.5. The number of unbranched alkanes of at least 4 members (excludes halogenated alkanes) is 8. The van der Waals surface area contributed by atoms with Gasteiger partial charge in [0.2, 0.25) is 0 Å². The summed E-state index contributed by atoms with van der Waals surface area (Å²) >= 11 is 0. The quantitative estimate of drug-likeness (QED) is 0.0136. The Morgan fingerprint density at radius 1 is 0.380 bits per heavy atom. The van der Waals surface area contributed by atoms with E-state index in [4.69, 9.17) is 28.9 Å². The summed E-state index contributed by atoms with van der Waals surface area (Å²) in [5, 5.41) is 7.22. The smallest absolute Gasteiger partial charge is 0.311 e. The number of benzene rings is 5. The number of allylic oxidation sites excluding steroid dienone is 2. The Labute approximate surface area is 642 Å². The molecule has 108 heavy (non-hydrogen) atoms. The lowest BCUT2D eigenvalue weighted by Gasteiger charge is -2.23. The molecule has 0 fully saturated rings. The fraction of sp³-hybridized carbons (Fsp3) is 0.474. The number of hydrogen-bond acceptors (Lipinski definition) is 10. The molecule has 0 saturated heterocycles. The molecule has 0 saturated carbocycles.